The van der Waals surface area contributed by atoms with E-state index in [-0.39, 0.29) is 18.9 Å². The topological polar surface area (TPSA) is 102 Å². The number of hydrogen-bond acceptors (Lipinski definition) is 5. The number of carbonyl (C=O) groups excluding carboxylic acids is 2. The summed E-state index contributed by atoms with van der Waals surface area (Å²) < 4.78 is 10.4. The van der Waals surface area contributed by atoms with Crippen LogP contribution in [0, 0.1) is 5.92 Å². The van der Waals surface area contributed by atoms with E-state index in [0.29, 0.717) is 0 Å². The summed E-state index contributed by atoms with van der Waals surface area (Å²) in [6.07, 6.45) is -1.33. The van der Waals surface area contributed by atoms with Crippen LogP contribution in [0.2, 0.25) is 0 Å². The molecule has 0 aliphatic rings. The molecule has 27 heavy (non-hydrogen) atoms. The summed E-state index contributed by atoms with van der Waals surface area (Å²) in [5, 5.41) is 12.2. The highest BCUT2D eigenvalue weighted by Crippen LogP contribution is 2.24. The molecule has 0 radical (unpaired) electrons. The fourth-order valence-electron chi connectivity index (χ4n) is 2.66. The molecule has 0 aliphatic carbocycles. The SMILES string of the molecule is CC(C)C[C@](CC(=O)OC(C)(C)C)(NC(=O)OCc1ccccc1)C(=O)O. The highest BCUT2D eigenvalue weighted by Gasteiger charge is 2.44. The van der Waals surface area contributed by atoms with Crippen LogP contribution in [-0.4, -0.2) is 34.3 Å². The normalized spacial score (nSPS) is 13.6. The average Bonchev–Trinajstić information content (AvgIpc) is 2.51. The Morgan fingerprint density at radius 3 is 2.19 bits per heavy atom. The molecule has 0 fully saturated rings. The molecule has 0 saturated carbocycles. The summed E-state index contributed by atoms with van der Waals surface area (Å²) in [6, 6.07) is 9.01. The van der Waals surface area contributed by atoms with Gasteiger partial charge in [-0.2, -0.15) is 0 Å². The number of benzene rings is 1. The van der Waals surface area contributed by atoms with E-state index in [9.17, 15) is 19.5 Å². The van der Waals surface area contributed by atoms with Gasteiger partial charge in [0.05, 0.1) is 6.42 Å². The standard InChI is InChI=1S/C20H29NO6/c1-14(2)11-20(17(23)24,12-16(22)27-19(3,4)5)21-18(25)26-13-15-9-7-6-8-10-15/h6-10,14H,11-13H2,1-5H3,(H,21,25)(H,23,24)/t20-/m1/s1. The maximum absolute atomic E-state index is 12.2. The van der Waals surface area contributed by atoms with E-state index in [1.54, 1.807) is 45.0 Å². The minimum atomic E-state index is -1.80. The fourth-order valence-corrected chi connectivity index (χ4v) is 2.66. The van der Waals surface area contributed by atoms with Gasteiger partial charge in [0.25, 0.3) is 0 Å². The Labute approximate surface area is 160 Å². The third-order valence-corrected chi connectivity index (χ3v) is 3.59. The Kier molecular flexibility index (Phi) is 7.82. The summed E-state index contributed by atoms with van der Waals surface area (Å²) in [5.74, 6) is -2.09. The van der Waals surface area contributed by atoms with Gasteiger partial charge in [0.1, 0.15) is 12.2 Å². The molecular weight excluding hydrogens is 350 g/mol. The molecule has 0 spiro atoms. The van der Waals surface area contributed by atoms with E-state index in [1.807, 2.05) is 19.9 Å². The van der Waals surface area contributed by atoms with E-state index < -0.39 is 35.6 Å². The smallest absolute Gasteiger partial charge is 0.408 e. The van der Waals surface area contributed by atoms with Gasteiger partial charge in [-0.25, -0.2) is 9.59 Å². The van der Waals surface area contributed by atoms with Gasteiger partial charge < -0.3 is 19.9 Å². The largest absolute Gasteiger partial charge is 0.479 e. The number of hydrogen-bond donors (Lipinski definition) is 2. The van der Waals surface area contributed by atoms with Crippen LogP contribution < -0.4 is 5.32 Å². The van der Waals surface area contributed by atoms with Crippen LogP contribution in [0.25, 0.3) is 0 Å². The summed E-state index contributed by atoms with van der Waals surface area (Å²) >= 11 is 0. The van der Waals surface area contributed by atoms with Gasteiger partial charge >= 0.3 is 18.0 Å². The molecule has 1 aromatic rings. The number of carbonyl (C=O) groups is 3. The summed E-state index contributed by atoms with van der Waals surface area (Å²) in [4.78, 5) is 36.5. The molecule has 0 aliphatic heterocycles. The summed E-state index contributed by atoms with van der Waals surface area (Å²) in [7, 11) is 0. The van der Waals surface area contributed by atoms with Gasteiger partial charge in [-0.15, -0.1) is 0 Å². The van der Waals surface area contributed by atoms with Crippen molar-refractivity contribution in [3.8, 4) is 0 Å². The van der Waals surface area contributed by atoms with Crippen LogP contribution in [-0.2, 0) is 25.7 Å². The maximum atomic E-state index is 12.2. The molecule has 150 valence electrons. The molecule has 7 heteroatoms. The second kappa shape index (κ2) is 9.39. The first-order chi connectivity index (χ1) is 12.4. The lowest BCUT2D eigenvalue weighted by atomic mass is 9.85. The van der Waals surface area contributed by atoms with Crippen molar-refractivity contribution < 1.29 is 29.0 Å². The summed E-state index contributed by atoms with van der Waals surface area (Å²) in [6.45, 7) is 8.69. The zero-order valence-corrected chi connectivity index (χ0v) is 16.6. The lowest BCUT2D eigenvalue weighted by Crippen LogP contribution is -2.57. The number of esters is 1. The van der Waals surface area contributed by atoms with Gasteiger partial charge in [-0.05, 0) is 38.7 Å². The Morgan fingerprint density at radius 1 is 1.11 bits per heavy atom. The van der Waals surface area contributed by atoms with Gasteiger partial charge in [0.2, 0.25) is 0 Å². The second-order valence-electron chi connectivity index (χ2n) is 7.94. The number of amides is 1. The third-order valence-electron chi connectivity index (χ3n) is 3.59. The van der Waals surface area contributed by atoms with Crippen LogP contribution in [0.15, 0.2) is 30.3 Å². The Balaban J connectivity index is 2.90. The molecule has 0 heterocycles. The highest BCUT2D eigenvalue weighted by molar-refractivity contribution is 5.89. The number of carboxylic acid groups (broad SMARTS) is 1. The van der Waals surface area contributed by atoms with Crippen molar-refractivity contribution in [1.82, 2.24) is 5.32 Å². The Morgan fingerprint density at radius 2 is 1.70 bits per heavy atom. The number of alkyl carbamates (subject to hydrolysis) is 1. The fraction of sp³-hybridized carbons (Fsp3) is 0.550. The minimum Gasteiger partial charge on any atom is -0.479 e. The van der Waals surface area contributed by atoms with E-state index in [2.05, 4.69) is 5.32 Å². The van der Waals surface area contributed by atoms with Gasteiger partial charge in [0, 0.05) is 0 Å². The summed E-state index contributed by atoms with van der Waals surface area (Å²) in [5.41, 5.74) is -1.79. The van der Waals surface area contributed by atoms with Crippen LogP contribution in [0.5, 0.6) is 0 Å². The number of nitrogens with one attached hydrogen (secondary N) is 1. The quantitative estimate of drug-likeness (QED) is 0.670. The van der Waals surface area contributed by atoms with Crippen LogP contribution >= 0.6 is 0 Å². The van der Waals surface area contributed by atoms with Crippen molar-refractivity contribution in [1.29, 1.82) is 0 Å². The van der Waals surface area contributed by atoms with E-state index >= 15 is 0 Å². The second-order valence-corrected chi connectivity index (χ2v) is 7.94. The predicted octanol–water partition coefficient (Wildman–Crippen LogP) is 3.51. The zero-order valence-electron chi connectivity index (χ0n) is 16.6. The van der Waals surface area contributed by atoms with Gasteiger partial charge in [0.15, 0.2) is 5.54 Å². The van der Waals surface area contributed by atoms with Crippen molar-refractivity contribution in [2.24, 2.45) is 5.92 Å². The molecule has 1 amide bonds. The first kappa shape index (κ1) is 22.5. The van der Waals surface area contributed by atoms with Gasteiger partial charge in [-0.1, -0.05) is 44.2 Å². The molecule has 0 unspecified atom stereocenters. The van der Waals surface area contributed by atoms with Crippen molar-refractivity contribution in [2.75, 3.05) is 0 Å². The molecule has 7 nitrogen and oxygen atoms in total. The van der Waals surface area contributed by atoms with Gasteiger partial charge in [-0.3, -0.25) is 4.79 Å². The Hall–Kier alpha value is -2.57. The van der Waals surface area contributed by atoms with Crippen molar-refractivity contribution in [3.63, 3.8) is 0 Å². The van der Waals surface area contributed by atoms with Crippen LogP contribution in [0.1, 0.15) is 53.0 Å². The molecular formula is C20H29NO6. The van der Waals surface area contributed by atoms with E-state index in [0.717, 1.165) is 5.56 Å². The molecule has 0 saturated heterocycles. The zero-order chi connectivity index (χ0) is 20.7. The lowest BCUT2D eigenvalue weighted by molar-refractivity contribution is -0.162. The average molecular weight is 379 g/mol. The minimum absolute atomic E-state index is 0.00348. The third kappa shape index (κ3) is 8.11. The molecule has 1 rings (SSSR count). The predicted molar refractivity (Wildman–Crippen MR) is 100 cm³/mol. The van der Waals surface area contributed by atoms with Crippen molar-refractivity contribution >= 4 is 18.0 Å². The van der Waals surface area contributed by atoms with E-state index in [1.165, 1.54) is 0 Å². The lowest BCUT2D eigenvalue weighted by Gasteiger charge is -2.32. The van der Waals surface area contributed by atoms with Crippen molar-refractivity contribution in [2.45, 2.75) is 65.2 Å². The van der Waals surface area contributed by atoms with Crippen molar-refractivity contribution in [3.05, 3.63) is 35.9 Å². The molecule has 1 atom stereocenters. The highest BCUT2D eigenvalue weighted by atomic mass is 16.6. The van der Waals surface area contributed by atoms with Crippen LogP contribution in [0.4, 0.5) is 4.79 Å². The Bertz CT molecular complexity index is 650. The first-order valence-corrected chi connectivity index (χ1v) is 8.87. The molecule has 0 aromatic heterocycles. The monoisotopic (exact) mass is 379 g/mol. The van der Waals surface area contributed by atoms with E-state index in [4.69, 9.17) is 9.47 Å². The molecule has 2 N–H and O–H groups in total. The molecule has 1 aromatic carbocycles. The molecule has 0 bridgehead atoms. The number of carboxylic acids is 1. The number of rotatable bonds is 8. The maximum Gasteiger partial charge on any atom is 0.408 e. The first-order valence-electron chi connectivity index (χ1n) is 8.87. The van der Waals surface area contributed by atoms with Crippen LogP contribution in [0.3, 0.4) is 0 Å². The number of aliphatic carboxylic acids is 1. The number of ether oxygens (including phenoxy) is 2.